The van der Waals surface area contributed by atoms with E-state index in [9.17, 15) is 0 Å². The fourth-order valence-corrected chi connectivity index (χ4v) is 2.85. The molecule has 0 fully saturated rings. The van der Waals surface area contributed by atoms with E-state index in [1.165, 1.54) is 0 Å². The van der Waals surface area contributed by atoms with Gasteiger partial charge >= 0.3 is 0 Å². The Morgan fingerprint density at radius 3 is 2.60 bits per heavy atom. The molecule has 0 aliphatic carbocycles. The van der Waals surface area contributed by atoms with Gasteiger partial charge in [-0.05, 0) is 42.3 Å². The van der Waals surface area contributed by atoms with Crippen LogP contribution in [0.1, 0.15) is 18.1 Å². The zero-order valence-electron chi connectivity index (χ0n) is 14.1. The Kier molecular flexibility index (Phi) is 7.05. The van der Waals surface area contributed by atoms with Crippen LogP contribution in [0.5, 0.6) is 23.0 Å². The van der Waals surface area contributed by atoms with E-state index >= 15 is 0 Å². The normalized spacial score (nSPS) is 11.8. The number of methoxy groups -OCH3 is 1. The highest BCUT2D eigenvalue weighted by Crippen LogP contribution is 2.36. The van der Waals surface area contributed by atoms with Crippen LogP contribution in [0.2, 0.25) is 5.02 Å². The van der Waals surface area contributed by atoms with Gasteiger partial charge in [0.25, 0.3) is 0 Å². The molecule has 1 heterocycles. The predicted octanol–water partition coefficient (Wildman–Crippen LogP) is 0.770. The third-order valence-electron chi connectivity index (χ3n) is 3.67. The first-order valence-electron chi connectivity index (χ1n) is 7.79. The Morgan fingerprint density at radius 2 is 1.84 bits per heavy atom. The first kappa shape index (κ1) is 19.5. The van der Waals surface area contributed by atoms with Gasteiger partial charge in [-0.1, -0.05) is 17.7 Å². The largest absolute Gasteiger partial charge is 1.00 e. The van der Waals surface area contributed by atoms with Crippen molar-refractivity contribution in [3.8, 4) is 23.0 Å². The maximum Gasteiger partial charge on any atom is 0.231 e. The third kappa shape index (κ3) is 4.63. The monoisotopic (exact) mass is 384 g/mol. The number of hydrogen-bond donors (Lipinski definition) is 1. The number of ether oxygens (including phenoxy) is 4. The van der Waals surface area contributed by atoms with Crippen molar-refractivity contribution in [2.24, 2.45) is 0 Å². The topological polar surface area (TPSA) is 49.0 Å². The van der Waals surface area contributed by atoms with E-state index in [1.54, 1.807) is 7.11 Å². The molecule has 1 aliphatic rings. The van der Waals surface area contributed by atoms with Crippen molar-refractivity contribution in [3.05, 3.63) is 46.5 Å². The van der Waals surface area contributed by atoms with Gasteiger partial charge in [-0.15, -0.1) is 0 Å². The van der Waals surface area contributed by atoms with E-state index in [4.69, 9.17) is 30.5 Å². The second-order valence-corrected chi connectivity index (χ2v) is 5.74. The number of halogens is 2. The number of hydrogen-bond acceptors (Lipinski definition) is 5. The molecule has 25 heavy (non-hydrogen) atoms. The van der Waals surface area contributed by atoms with Crippen molar-refractivity contribution >= 4 is 11.6 Å². The van der Waals surface area contributed by atoms with Crippen LogP contribution >= 0.6 is 11.6 Å². The lowest BCUT2D eigenvalue weighted by Crippen LogP contribution is -3.00. The molecule has 5 nitrogen and oxygen atoms in total. The average molecular weight is 385 g/mol. The van der Waals surface area contributed by atoms with Gasteiger partial charge in [0.15, 0.2) is 23.0 Å². The van der Waals surface area contributed by atoms with Crippen molar-refractivity contribution in [1.82, 2.24) is 5.32 Å². The molecule has 0 atom stereocenters. The molecule has 0 unspecified atom stereocenters. The van der Waals surface area contributed by atoms with Gasteiger partial charge in [-0.25, -0.2) is 0 Å². The summed E-state index contributed by atoms with van der Waals surface area (Å²) in [6, 6.07) is 9.76. The fraction of sp³-hybridized carbons (Fsp3) is 0.333. The van der Waals surface area contributed by atoms with Crippen LogP contribution in [-0.2, 0) is 13.1 Å². The van der Waals surface area contributed by atoms with Crippen molar-refractivity contribution in [1.29, 1.82) is 0 Å². The molecule has 1 aliphatic heterocycles. The Morgan fingerprint density at radius 1 is 1.08 bits per heavy atom. The molecular weight excluding hydrogens is 365 g/mol. The first-order chi connectivity index (χ1) is 11.7. The zero-order chi connectivity index (χ0) is 16.9. The Hall–Kier alpha value is -1.82. The minimum atomic E-state index is 0. The van der Waals surface area contributed by atoms with Crippen molar-refractivity contribution in [3.63, 3.8) is 0 Å². The van der Waals surface area contributed by atoms with Crippen LogP contribution in [0.4, 0.5) is 0 Å². The highest BCUT2D eigenvalue weighted by Gasteiger charge is 2.14. The fourth-order valence-electron chi connectivity index (χ4n) is 2.56. The molecule has 2 aromatic rings. The second-order valence-electron chi connectivity index (χ2n) is 5.33. The predicted molar refractivity (Wildman–Crippen MR) is 92.3 cm³/mol. The summed E-state index contributed by atoms with van der Waals surface area (Å²) in [6.45, 7) is 4.12. The summed E-state index contributed by atoms with van der Waals surface area (Å²) in [6.07, 6.45) is 0. The van der Waals surface area contributed by atoms with E-state index in [-0.39, 0.29) is 19.2 Å². The summed E-state index contributed by atoms with van der Waals surface area (Å²) >= 11 is 6.29. The van der Waals surface area contributed by atoms with Crippen molar-refractivity contribution in [2.75, 3.05) is 20.5 Å². The van der Waals surface area contributed by atoms with Gasteiger partial charge in [-0.3, -0.25) is 0 Å². The second kappa shape index (κ2) is 9.04. The molecule has 0 saturated carbocycles. The smallest absolute Gasteiger partial charge is 0.231 e. The Balaban J connectivity index is 0.00000225. The van der Waals surface area contributed by atoms with Crippen LogP contribution < -0.4 is 36.7 Å². The number of nitrogens with one attached hydrogen (secondary N) is 1. The van der Waals surface area contributed by atoms with Crippen LogP contribution in [0, 0.1) is 0 Å². The number of benzene rings is 2. The van der Waals surface area contributed by atoms with Gasteiger partial charge in [0, 0.05) is 13.1 Å². The van der Waals surface area contributed by atoms with Gasteiger partial charge in [0.2, 0.25) is 6.79 Å². The molecule has 0 bridgehead atoms. The summed E-state index contributed by atoms with van der Waals surface area (Å²) in [5, 5.41) is 3.94. The molecule has 1 N–H and O–H groups in total. The molecule has 0 amide bonds. The lowest BCUT2D eigenvalue weighted by Gasteiger charge is -2.13. The van der Waals surface area contributed by atoms with Crippen LogP contribution in [0.15, 0.2) is 30.3 Å². The average Bonchev–Trinajstić information content (AvgIpc) is 3.04. The van der Waals surface area contributed by atoms with Crippen LogP contribution in [0.3, 0.4) is 0 Å². The number of rotatable bonds is 7. The highest BCUT2D eigenvalue weighted by atomic mass is 35.5. The third-order valence-corrected chi connectivity index (χ3v) is 3.95. The van der Waals surface area contributed by atoms with Crippen LogP contribution in [-0.4, -0.2) is 20.5 Å². The van der Waals surface area contributed by atoms with Crippen molar-refractivity contribution < 1.29 is 31.4 Å². The lowest BCUT2D eigenvalue weighted by molar-refractivity contribution is -0.00000710. The summed E-state index contributed by atoms with van der Waals surface area (Å²) in [5.74, 6) is 2.81. The standard InChI is InChI=1S/C18H20ClNO4.ClH/c1-3-22-18-14(19)6-13(8-17(18)21-2)10-20-9-12-4-5-15-16(7-12)24-11-23-15;/h4-8,20H,3,9-11H2,1-2H3;1H/p-1. The van der Waals surface area contributed by atoms with Crippen LogP contribution in [0.25, 0.3) is 0 Å². The summed E-state index contributed by atoms with van der Waals surface area (Å²) in [4.78, 5) is 0. The van der Waals surface area contributed by atoms with E-state index < -0.39 is 0 Å². The maximum absolute atomic E-state index is 6.29. The van der Waals surface area contributed by atoms with E-state index in [2.05, 4.69) is 5.32 Å². The van der Waals surface area contributed by atoms with Crippen molar-refractivity contribution in [2.45, 2.75) is 20.0 Å². The zero-order valence-corrected chi connectivity index (χ0v) is 15.6. The van der Waals surface area contributed by atoms with Gasteiger partial charge in [0.05, 0.1) is 18.7 Å². The van der Waals surface area contributed by atoms with Gasteiger partial charge < -0.3 is 36.7 Å². The minimum Gasteiger partial charge on any atom is -1.00 e. The number of fused-ring (bicyclic) bond motifs is 1. The quantitative estimate of drug-likeness (QED) is 0.763. The summed E-state index contributed by atoms with van der Waals surface area (Å²) in [7, 11) is 1.61. The molecule has 7 heteroatoms. The van der Waals surface area contributed by atoms with E-state index in [1.807, 2.05) is 37.3 Å². The SMILES string of the molecule is CCOc1c(Cl)cc(CNCc2ccc3c(c2)OCO3)cc1OC.[Cl-]. The molecule has 0 radical (unpaired) electrons. The van der Waals surface area contributed by atoms with E-state index in [0.717, 1.165) is 22.6 Å². The van der Waals surface area contributed by atoms with Gasteiger partial charge in [0.1, 0.15) is 0 Å². The first-order valence-corrected chi connectivity index (χ1v) is 8.17. The molecule has 136 valence electrons. The lowest BCUT2D eigenvalue weighted by atomic mass is 10.1. The highest BCUT2D eigenvalue weighted by molar-refractivity contribution is 6.32. The summed E-state index contributed by atoms with van der Waals surface area (Å²) < 4.78 is 21.6. The Bertz CT molecular complexity index is 724. The minimum absolute atomic E-state index is 0. The van der Waals surface area contributed by atoms with Gasteiger partial charge in [-0.2, -0.15) is 0 Å². The summed E-state index contributed by atoms with van der Waals surface area (Å²) in [5.41, 5.74) is 2.16. The molecule has 3 rings (SSSR count). The maximum atomic E-state index is 6.29. The van der Waals surface area contributed by atoms with E-state index in [0.29, 0.717) is 36.2 Å². The molecule has 0 saturated heterocycles. The molecule has 2 aromatic carbocycles. The Labute approximate surface area is 158 Å². The molecular formula is C18H20Cl2NO4-. The molecule has 0 aromatic heterocycles. The molecule has 0 spiro atoms.